The standard InChI is InChI=1S/C19H26N2O3/c1-14-6-5-8-16(15-7-3-4-9-17(15)24-2)20(14)12-13-21-18(22)10-11-19(21)23/h3-4,7,9,14,16H,5-6,8,10-13H2,1-2H3/t14-,16-/m1/s1. The lowest BCUT2D eigenvalue weighted by atomic mass is 9.91. The van der Waals surface area contributed by atoms with Gasteiger partial charge in [0.2, 0.25) is 11.8 Å². The number of hydrogen-bond acceptors (Lipinski definition) is 4. The van der Waals surface area contributed by atoms with Crippen LogP contribution in [-0.2, 0) is 9.59 Å². The lowest BCUT2D eigenvalue weighted by molar-refractivity contribution is -0.138. The first-order valence-electron chi connectivity index (χ1n) is 8.83. The highest BCUT2D eigenvalue weighted by Crippen LogP contribution is 2.38. The quantitative estimate of drug-likeness (QED) is 0.779. The number of hydrogen-bond donors (Lipinski definition) is 0. The summed E-state index contributed by atoms with van der Waals surface area (Å²) >= 11 is 0. The Kier molecular flexibility index (Phi) is 5.19. The number of likely N-dealkylation sites (tertiary alicyclic amines) is 2. The topological polar surface area (TPSA) is 49.9 Å². The molecule has 24 heavy (non-hydrogen) atoms. The normalized spacial score (nSPS) is 25.3. The molecule has 1 aromatic rings. The van der Waals surface area contributed by atoms with E-state index in [9.17, 15) is 9.59 Å². The van der Waals surface area contributed by atoms with Gasteiger partial charge in [0.05, 0.1) is 7.11 Å². The van der Waals surface area contributed by atoms with Crippen molar-refractivity contribution in [2.24, 2.45) is 0 Å². The average Bonchev–Trinajstić information content (AvgIpc) is 2.92. The van der Waals surface area contributed by atoms with E-state index < -0.39 is 0 Å². The summed E-state index contributed by atoms with van der Waals surface area (Å²) in [6.45, 7) is 3.45. The van der Waals surface area contributed by atoms with Gasteiger partial charge in [-0.25, -0.2) is 0 Å². The molecule has 5 heteroatoms. The number of nitrogens with zero attached hydrogens (tertiary/aromatic N) is 2. The third-order valence-electron chi connectivity index (χ3n) is 5.30. The smallest absolute Gasteiger partial charge is 0.229 e. The summed E-state index contributed by atoms with van der Waals surface area (Å²) in [5.41, 5.74) is 1.20. The van der Waals surface area contributed by atoms with Gasteiger partial charge in [-0.15, -0.1) is 0 Å². The van der Waals surface area contributed by atoms with Gasteiger partial charge in [0.25, 0.3) is 0 Å². The van der Waals surface area contributed by atoms with E-state index in [0.717, 1.165) is 25.1 Å². The minimum Gasteiger partial charge on any atom is -0.496 e. The van der Waals surface area contributed by atoms with Crippen LogP contribution in [0.5, 0.6) is 5.75 Å². The predicted molar refractivity (Wildman–Crippen MR) is 91.7 cm³/mol. The van der Waals surface area contributed by atoms with E-state index in [1.807, 2.05) is 18.2 Å². The molecule has 0 aromatic heterocycles. The lowest BCUT2D eigenvalue weighted by Crippen LogP contribution is -2.45. The Morgan fingerprint density at radius 3 is 2.50 bits per heavy atom. The second kappa shape index (κ2) is 7.34. The highest BCUT2D eigenvalue weighted by Gasteiger charge is 2.33. The van der Waals surface area contributed by atoms with Gasteiger partial charge in [0, 0.05) is 43.6 Å². The van der Waals surface area contributed by atoms with Gasteiger partial charge in [-0.2, -0.15) is 0 Å². The van der Waals surface area contributed by atoms with E-state index in [0.29, 0.717) is 25.4 Å². The molecule has 0 N–H and O–H groups in total. The number of benzene rings is 1. The molecule has 0 radical (unpaired) electrons. The number of carbonyl (C=O) groups is 2. The van der Waals surface area contributed by atoms with E-state index >= 15 is 0 Å². The molecule has 130 valence electrons. The van der Waals surface area contributed by atoms with Crippen LogP contribution in [0.2, 0.25) is 0 Å². The Morgan fingerprint density at radius 1 is 1.08 bits per heavy atom. The van der Waals surface area contributed by atoms with Crippen LogP contribution in [0, 0.1) is 0 Å². The molecule has 0 bridgehead atoms. The minimum absolute atomic E-state index is 0.0292. The Labute approximate surface area is 143 Å². The van der Waals surface area contributed by atoms with Crippen molar-refractivity contribution in [3.63, 3.8) is 0 Å². The fraction of sp³-hybridized carbons (Fsp3) is 0.579. The largest absolute Gasteiger partial charge is 0.496 e. The fourth-order valence-corrected chi connectivity index (χ4v) is 3.99. The number of rotatable bonds is 5. The van der Waals surface area contributed by atoms with Crippen LogP contribution in [0.3, 0.4) is 0 Å². The van der Waals surface area contributed by atoms with Gasteiger partial charge in [-0.05, 0) is 25.8 Å². The van der Waals surface area contributed by atoms with E-state index in [-0.39, 0.29) is 17.9 Å². The predicted octanol–water partition coefficient (Wildman–Crippen LogP) is 2.76. The Bertz CT molecular complexity index is 600. The van der Waals surface area contributed by atoms with Gasteiger partial charge in [0.15, 0.2) is 0 Å². The summed E-state index contributed by atoms with van der Waals surface area (Å²) in [7, 11) is 1.71. The van der Waals surface area contributed by atoms with Crippen molar-refractivity contribution < 1.29 is 14.3 Å². The highest BCUT2D eigenvalue weighted by molar-refractivity contribution is 6.01. The number of carbonyl (C=O) groups excluding carboxylic acids is 2. The molecule has 0 unspecified atom stereocenters. The van der Waals surface area contributed by atoms with Gasteiger partial charge >= 0.3 is 0 Å². The Hall–Kier alpha value is -1.88. The molecule has 2 fully saturated rings. The molecule has 5 nitrogen and oxygen atoms in total. The van der Waals surface area contributed by atoms with Crippen LogP contribution < -0.4 is 4.74 Å². The zero-order chi connectivity index (χ0) is 17.1. The summed E-state index contributed by atoms with van der Waals surface area (Å²) in [4.78, 5) is 27.6. The van der Waals surface area contributed by atoms with Crippen LogP contribution in [0.15, 0.2) is 24.3 Å². The third kappa shape index (κ3) is 3.31. The molecule has 2 aliphatic rings. The van der Waals surface area contributed by atoms with E-state index in [4.69, 9.17) is 4.74 Å². The number of ether oxygens (including phenoxy) is 1. The molecule has 2 heterocycles. The van der Waals surface area contributed by atoms with E-state index in [2.05, 4.69) is 17.9 Å². The monoisotopic (exact) mass is 330 g/mol. The van der Waals surface area contributed by atoms with Crippen molar-refractivity contribution >= 4 is 11.8 Å². The molecule has 3 rings (SSSR count). The van der Waals surface area contributed by atoms with Crippen molar-refractivity contribution in [2.75, 3.05) is 20.2 Å². The molecule has 0 aliphatic carbocycles. The molecule has 2 aliphatic heterocycles. The maximum absolute atomic E-state index is 11.9. The highest BCUT2D eigenvalue weighted by atomic mass is 16.5. The van der Waals surface area contributed by atoms with Crippen molar-refractivity contribution in [3.05, 3.63) is 29.8 Å². The zero-order valence-corrected chi connectivity index (χ0v) is 14.5. The molecule has 2 atom stereocenters. The second-order valence-corrected chi connectivity index (χ2v) is 6.71. The van der Waals surface area contributed by atoms with Crippen LogP contribution in [-0.4, -0.2) is 47.9 Å². The van der Waals surface area contributed by atoms with Crippen molar-refractivity contribution in [2.45, 2.75) is 51.1 Å². The summed E-state index contributed by atoms with van der Waals surface area (Å²) in [5, 5.41) is 0. The maximum Gasteiger partial charge on any atom is 0.229 e. The molecule has 2 saturated heterocycles. The van der Waals surface area contributed by atoms with Crippen molar-refractivity contribution in [3.8, 4) is 5.75 Å². The molecular weight excluding hydrogens is 304 g/mol. The summed E-state index contributed by atoms with van der Waals surface area (Å²) in [6, 6.07) is 8.86. The maximum atomic E-state index is 11.9. The first-order valence-corrected chi connectivity index (χ1v) is 8.83. The summed E-state index contributed by atoms with van der Waals surface area (Å²) < 4.78 is 5.55. The molecule has 2 amide bonds. The third-order valence-corrected chi connectivity index (χ3v) is 5.30. The lowest BCUT2D eigenvalue weighted by Gasteiger charge is -2.41. The number of imide groups is 1. The van der Waals surface area contributed by atoms with Crippen LogP contribution in [0.25, 0.3) is 0 Å². The molecule has 1 aromatic carbocycles. The number of amides is 2. The Morgan fingerprint density at radius 2 is 1.79 bits per heavy atom. The van der Waals surface area contributed by atoms with Gasteiger partial charge in [0.1, 0.15) is 5.75 Å². The van der Waals surface area contributed by atoms with Gasteiger partial charge in [-0.1, -0.05) is 24.6 Å². The summed E-state index contributed by atoms with van der Waals surface area (Å²) in [5.74, 6) is 0.854. The first kappa shape index (κ1) is 17.0. The number of para-hydroxylation sites is 1. The molecule has 0 saturated carbocycles. The molecular formula is C19H26N2O3. The fourth-order valence-electron chi connectivity index (χ4n) is 3.99. The number of methoxy groups -OCH3 is 1. The van der Waals surface area contributed by atoms with Crippen molar-refractivity contribution in [1.29, 1.82) is 0 Å². The molecule has 0 spiro atoms. The number of piperidine rings is 1. The van der Waals surface area contributed by atoms with Crippen LogP contribution >= 0.6 is 0 Å². The second-order valence-electron chi connectivity index (χ2n) is 6.71. The average molecular weight is 330 g/mol. The van der Waals surface area contributed by atoms with Gasteiger partial charge in [-0.3, -0.25) is 19.4 Å². The van der Waals surface area contributed by atoms with Crippen LogP contribution in [0.1, 0.15) is 50.6 Å². The van der Waals surface area contributed by atoms with Crippen molar-refractivity contribution in [1.82, 2.24) is 9.80 Å². The van der Waals surface area contributed by atoms with Crippen LogP contribution in [0.4, 0.5) is 0 Å². The SMILES string of the molecule is COc1ccccc1[C@H]1CCC[C@@H](C)N1CCN1C(=O)CCC1=O. The van der Waals surface area contributed by atoms with Gasteiger partial charge < -0.3 is 4.74 Å². The van der Waals surface area contributed by atoms with E-state index in [1.165, 1.54) is 16.9 Å². The van der Waals surface area contributed by atoms with E-state index in [1.54, 1.807) is 7.11 Å². The first-order chi connectivity index (χ1) is 11.6. The minimum atomic E-state index is -0.0292. The Balaban J connectivity index is 1.77. The summed E-state index contributed by atoms with van der Waals surface area (Å²) in [6.07, 6.45) is 4.14. The zero-order valence-electron chi connectivity index (χ0n) is 14.5.